The van der Waals surface area contributed by atoms with E-state index in [1.54, 1.807) is 6.92 Å². The molecule has 12 heteroatoms. The Bertz CT molecular complexity index is 1360. The number of nitrogens with one attached hydrogen (secondary N) is 1. The highest BCUT2D eigenvalue weighted by Crippen LogP contribution is 2.33. The normalized spacial score (nSPS) is 17.0. The second-order valence-corrected chi connectivity index (χ2v) is 10.1. The highest BCUT2D eigenvalue weighted by molar-refractivity contribution is 6.04. The number of amides is 1. The van der Waals surface area contributed by atoms with Crippen LogP contribution in [0.25, 0.3) is 11.2 Å². The zero-order valence-corrected chi connectivity index (χ0v) is 22.5. The third kappa shape index (κ3) is 6.06. The lowest BCUT2D eigenvalue weighted by atomic mass is 9.84. The largest absolute Gasteiger partial charge is 0.480 e. The zero-order valence-electron chi connectivity index (χ0n) is 22.5. The number of fused-ring (bicyclic) bond motifs is 1. The Labute approximate surface area is 231 Å². The van der Waals surface area contributed by atoms with E-state index in [0.717, 1.165) is 0 Å². The van der Waals surface area contributed by atoms with Crippen LogP contribution in [0.1, 0.15) is 73.3 Å². The summed E-state index contributed by atoms with van der Waals surface area (Å²) >= 11 is 0. The maximum atomic E-state index is 13.2. The Kier molecular flexibility index (Phi) is 8.54. The van der Waals surface area contributed by atoms with Gasteiger partial charge in [-0.1, -0.05) is 31.4 Å². The molecule has 2 fully saturated rings. The number of aromatic nitrogens is 4. The Morgan fingerprint density at radius 1 is 1.10 bits per heavy atom. The first kappa shape index (κ1) is 27.5. The highest BCUT2D eigenvalue weighted by atomic mass is 16.5. The number of imidazole rings is 1. The average molecular weight is 551 g/mol. The number of carboxylic acid groups (broad SMARTS) is 1. The molecule has 2 aliphatic rings. The van der Waals surface area contributed by atoms with Gasteiger partial charge in [-0.25, -0.2) is 9.78 Å². The molecule has 40 heavy (non-hydrogen) atoms. The zero-order chi connectivity index (χ0) is 28.1. The molecule has 212 valence electrons. The highest BCUT2D eigenvalue weighted by Gasteiger charge is 2.29. The Morgan fingerprint density at radius 3 is 2.50 bits per heavy atom. The molecule has 2 N–H and O–H groups in total. The van der Waals surface area contributed by atoms with Crippen molar-refractivity contribution >= 4 is 40.8 Å². The number of morpholine rings is 1. The van der Waals surface area contributed by atoms with E-state index in [1.165, 1.54) is 48.6 Å². The van der Waals surface area contributed by atoms with Crippen molar-refractivity contribution in [3.63, 3.8) is 0 Å². The van der Waals surface area contributed by atoms with Crippen molar-refractivity contribution in [3.05, 3.63) is 41.7 Å². The fraction of sp³-hybridized carbons (Fsp3) is 0.500. The number of aliphatic carboxylic acids is 1. The van der Waals surface area contributed by atoms with Crippen molar-refractivity contribution in [3.8, 4) is 0 Å². The minimum absolute atomic E-state index is 0.0115. The number of benzene rings is 1. The Hall–Kier alpha value is -4.06. The first-order valence-corrected chi connectivity index (χ1v) is 13.8. The third-order valence-electron chi connectivity index (χ3n) is 7.47. The Balaban J connectivity index is 1.46. The molecule has 1 saturated carbocycles. The van der Waals surface area contributed by atoms with Gasteiger partial charge < -0.3 is 19.5 Å². The van der Waals surface area contributed by atoms with Gasteiger partial charge in [0.2, 0.25) is 5.95 Å². The summed E-state index contributed by atoms with van der Waals surface area (Å²) in [7, 11) is 0. The predicted octanol–water partition coefficient (Wildman–Crippen LogP) is 3.54. The summed E-state index contributed by atoms with van der Waals surface area (Å²) in [5.74, 6) is -1.26. The van der Waals surface area contributed by atoms with Gasteiger partial charge in [0.05, 0.1) is 32.6 Å². The number of rotatable bonds is 9. The molecule has 0 spiro atoms. The van der Waals surface area contributed by atoms with Gasteiger partial charge in [-0.05, 0) is 43.4 Å². The number of carbonyl (C=O) groups is 3. The lowest BCUT2D eigenvalue weighted by Crippen LogP contribution is -2.37. The van der Waals surface area contributed by atoms with Crippen LogP contribution in [0.3, 0.4) is 0 Å². The standard InChI is InChI=1S/C28H34N6O6/c1-2-40-22(35)16-21(27(37)38)34-17-29-23-24(33-12-14-39-15-13-33)30-28(31-25(23)34)32-26(36)20-10-8-19(9-11-20)18-6-4-3-5-7-18/h8-11,17-18,21H,2-7,12-16H2,1H3,(H,37,38)(H,30,31,32,36). The molecule has 1 atom stereocenters. The molecule has 12 nitrogen and oxygen atoms in total. The summed E-state index contributed by atoms with van der Waals surface area (Å²) in [6.07, 6.45) is 7.02. The molecule has 1 aromatic carbocycles. The monoisotopic (exact) mass is 550 g/mol. The molecule has 0 bridgehead atoms. The van der Waals surface area contributed by atoms with Crippen LogP contribution in [0.5, 0.6) is 0 Å². The second-order valence-electron chi connectivity index (χ2n) is 10.1. The van der Waals surface area contributed by atoms with Crippen LogP contribution in [0.15, 0.2) is 30.6 Å². The lowest BCUT2D eigenvalue weighted by molar-refractivity contribution is -0.150. The molecule has 1 aliphatic carbocycles. The van der Waals surface area contributed by atoms with Gasteiger partial charge in [-0.15, -0.1) is 0 Å². The predicted molar refractivity (Wildman–Crippen MR) is 146 cm³/mol. The van der Waals surface area contributed by atoms with Crippen molar-refractivity contribution in [1.29, 1.82) is 0 Å². The van der Waals surface area contributed by atoms with Crippen LogP contribution < -0.4 is 10.2 Å². The van der Waals surface area contributed by atoms with Crippen LogP contribution in [-0.2, 0) is 19.1 Å². The quantitative estimate of drug-likeness (QED) is 0.379. The van der Waals surface area contributed by atoms with E-state index in [0.29, 0.717) is 49.1 Å². The first-order valence-electron chi connectivity index (χ1n) is 13.8. The fourth-order valence-electron chi connectivity index (χ4n) is 5.38. The molecular weight excluding hydrogens is 516 g/mol. The van der Waals surface area contributed by atoms with Crippen molar-refractivity contribution in [2.75, 3.05) is 43.1 Å². The summed E-state index contributed by atoms with van der Waals surface area (Å²) in [5, 5.41) is 12.7. The molecule has 3 aromatic rings. The molecule has 1 saturated heterocycles. The molecule has 5 rings (SSSR count). The van der Waals surface area contributed by atoms with Crippen LogP contribution in [0.4, 0.5) is 11.8 Å². The molecule has 3 heterocycles. The molecular formula is C28H34N6O6. The number of esters is 1. The third-order valence-corrected chi connectivity index (χ3v) is 7.47. The minimum atomic E-state index is -1.30. The van der Waals surface area contributed by atoms with Crippen molar-refractivity contribution in [2.24, 2.45) is 0 Å². The lowest BCUT2D eigenvalue weighted by Gasteiger charge is -2.28. The molecule has 1 aliphatic heterocycles. The summed E-state index contributed by atoms with van der Waals surface area (Å²) in [4.78, 5) is 53.0. The van der Waals surface area contributed by atoms with E-state index in [1.807, 2.05) is 29.2 Å². The van der Waals surface area contributed by atoms with Crippen LogP contribution in [0.2, 0.25) is 0 Å². The maximum Gasteiger partial charge on any atom is 0.327 e. The van der Waals surface area contributed by atoms with Gasteiger partial charge in [-0.3, -0.25) is 19.5 Å². The molecule has 2 aromatic heterocycles. The van der Waals surface area contributed by atoms with Gasteiger partial charge in [0, 0.05) is 18.7 Å². The van der Waals surface area contributed by atoms with E-state index < -0.39 is 24.4 Å². The summed E-state index contributed by atoms with van der Waals surface area (Å²) in [6, 6.07) is 6.34. The van der Waals surface area contributed by atoms with Crippen molar-refractivity contribution in [1.82, 2.24) is 19.5 Å². The van der Waals surface area contributed by atoms with Gasteiger partial charge >= 0.3 is 11.9 Å². The SMILES string of the molecule is CCOC(=O)CC(C(=O)O)n1cnc2c(N3CCOCC3)nc(NC(=O)c3ccc(C4CCCCC4)cc3)nc21. The maximum absolute atomic E-state index is 13.2. The van der Waals surface area contributed by atoms with E-state index in [4.69, 9.17) is 9.47 Å². The minimum Gasteiger partial charge on any atom is -0.480 e. The number of carbonyl (C=O) groups excluding carboxylic acids is 2. The fourth-order valence-corrected chi connectivity index (χ4v) is 5.38. The Morgan fingerprint density at radius 2 is 1.82 bits per heavy atom. The first-order chi connectivity index (χ1) is 19.4. The summed E-state index contributed by atoms with van der Waals surface area (Å²) in [6.45, 7) is 3.85. The number of hydrogen-bond donors (Lipinski definition) is 2. The number of anilines is 2. The van der Waals surface area contributed by atoms with Gasteiger partial charge in [0.1, 0.15) is 6.04 Å². The smallest absolute Gasteiger partial charge is 0.327 e. The second kappa shape index (κ2) is 12.4. The van der Waals surface area contributed by atoms with Gasteiger partial charge in [0.15, 0.2) is 17.0 Å². The number of carboxylic acids is 1. The van der Waals surface area contributed by atoms with Crippen molar-refractivity contribution in [2.45, 2.75) is 57.4 Å². The van der Waals surface area contributed by atoms with Crippen LogP contribution >= 0.6 is 0 Å². The van der Waals surface area contributed by atoms with Gasteiger partial charge in [-0.2, -0.15) is 9.97 Å². The van der Waals surface area contributed by atoms with Crippen LogP contribution in [-0.4, -0.2) is 75.4 Å². The number of hydrogen-bond acceptors (Lipinski definition) is 9. The molecule has 1 amide bonds. The number of nitrogens with zero attached hydrogens (tertiary/aromatic N) is 5. The summed E-state index contributed by atoms with van der Waals surface area (Å²) in [5.41, 5.74) is 2.27. The van der Waals surface area contributed by atoms with E-state index >= 15 is 0 Å². The van der Waals surface area contributed by atoms with Crippen LogP contribution in [0, 0.1) is 0 Å². The van der Waals surface area contributed by atoms with Crippen molar-refractivity contribution < 1.29 is 29.0 Å². The van der Waals surface area contributed by atoms with E-state index in [-0.39, 0.29) is 24.1 Å². The average Bonchev–Trinajstić information content (AvgIpc) is 3.40. The molecule has 0 radical (unpaired) electrons. The van der Waals surface area contributed by atoms with E-state index in [2.05, 4.69) is 20.3 Å². The van der Waals surface area contributed by atoms with Gasteiger partial charge in [0.25, 0.3) is 5.91 Å². The molecule has 1 unspecified atom stereocenters. The topological polar surface area (TPSA) is 149 Å². The summed E-state index contributed by atoms with van der Waals surface area (Å²) < 4.78 is 11.8. The van der Waals surface area contributed by atoms with E-state index in [9.17, 15) is 19.5 Å². The number of ether oxygens (including phenoxy) is 2.